The van der Waals surface area contributed by atoms with Gasteiger partial charge in [0.25, 0.3) is 0 Å². The Bertz CT molecular complexity index is 32.0. The number of hydrogen-bond donors (Lipinski definition) is 0. The second-order valence-electron chi connectivity index (χ2n) is 1.02. The maximum absolute atomic E-state index is 11.4. The highest BCUT2D eigenvalue weighted by molar-refractivity contribution is 4.08. The van der Waals surface area contributed by atoms with Gasteiger partial charge < -0.3 is 4.74 Å². The average molecular weight is 93.1 g/mol. The summed E-state index contributed by atoms with van der Waals surface area (Å²) in [6, 6.07) is 0. The molecular formula is C3H8FNO. The average Bonchev–Trinajstić information content (AvgIpc) is 1.35. The standard InChI is InChI=1S/C3H8FNO/c1-5(4)3-6-2/h3H2,1-2H3. The van der Waals surface area contributed by atoms with Crippen LogP contribution in [0.2, 0.25) is 0 Å². The highest BCUT2D eigenvalue weighted by atomic mass is 19.2. The highest BCUT2D eigenvalue weighted by Gasteiger charge is 1.84. The van der Waals surface area contributed by atoms with Crippen LogP contribution in [0.5, 0.6) is 0 Å². The summed E-state index contributed by atoms with van der Waals surface area (Å²) in [5, 5.41) is 0.458. The molecule has 0 unspecified atom stereocenters. The molecule has 0 heterocycles. The molecular weight excluding hydrogens is 85.0 g/mol. The summed E-state index contributed by atoms with van der Waals surface area (Å²) in [4.78, 5) is 0. The molecule has 38 valence electrons. The zero-order valence-electron chi connectivity index (χ0n) is 3.94. The lowest BCUT2D eigenvalue weighted by Crippen LogP contribution is -2.08. The maximum atomic E-state index is 11.4. The molecule has 0 fully saturated rings. The molecule has 0 radical (unpaired) electrons. The van der Waals surface area contributed by atoms with Gasteiger partial charge in [-0.05, 0) is 0 Å². The van der Waals surface area contributed by atoms with Crippen LogP contribution in [0, 0.1) is 0 Å². The fraction of sp³-hybridized carbons (Fsp3) is 1.00. The van der Waals surface area contributed by atoms with E-state index in [1.807, 2.05) is 0 Å². The van der Waals surface area contributed by atoms with Crippen LogP contribution in [-0.2, 0) is 4.74 Å². The molecule has 0 saturated heterocycles. The van der Waals surface area contributed by atoms with E-state index in [1.165, 1.54) is 14.2 Å². The fourth-order valence-electron chi connectivity index (χ4n) is 0.178. The second kappa shape index (κ2) is 3.06. The fourth-order valence-corrected chi connectivity index (χ4v) is 0.178. The molecule has 0 aromatic rings. The Morgan fingerprint density at radius 1 is 1.83 bits per heavy atom. The number of rotatable bonds is 2. The Hall–Kier alpha value is -0.150. The van der Waals surface area contributed by atoms with Crippen LogP contribution in [0.25, 0.3) is 0 Å². The third-order valence-corrected chi connectivity index (χ3v) is 0.307. The molecule has 2 nitrogen and oxygen atoms in total. The van der Waals surface area contributed by atoms with E-state index in [2.05, 4.69) is 4.74 Å². The molecule has 0 aliphatic heterocycles. The van der Waals surface area contributed by atoms with Crippen molar-refractivity contribution < 1.29 is 9.22 Å². The Balaban J connectivity index is 2.63. The van der Waals surface area contributed by atoms with Gasteiger partial charge in [-0.2, -0.15) is 0 Å². The molecule has 0 rings (SSSR count). The van der Waals surface area contributed by atoms with Gasteiger partial charge >= 0.3 is 0 Å². The molecule has 0 aliphatic rings. The topological polar surface area (TPSA) is 12.5 Å². The molecule has 3 heteroatoms. The van der Waals surface area contributed by atoms with Crippen molar-refractivity contribution >= 4 is 0 Å². The van der Waals surface area contributed by atoms with Gasteiger partial charge in [0.1, 0.15) is 6.73 Å². The summed E-state index contributed by atoms with van der Waals surface area (Å²) in [6.45, 7) is 0.0417. The third kappa shape index (κ3) is 3.85. The van der Waals surface area contributed by atoms with Crippen LogP contribution in [-0.4, -0.2) is 26.0 Å². The largest absolute Gasteiger partial charge is 0.367 e. The van der Waals surface area contributed by atoms with Gasteiger partial charge in [-0.25, -0.2) is 0 Å². The van der Waals surface area contributed by atoms with Crippen molar-refractivity contribution in [3.05, 3.63) is 0 Å². The molecule has 6 heavy (non-hydrogen) atoms. The van der Waals surface area contributed by atoms with E-state index in [0.717, 1.165) is 0 Å². The van der Waals surface area contributed by atoms with Crippen LogP contribution >= 0.6 is 0 Å². The monoisotopic (exact) mass is 93.1 g/mol. The molecule has 0 aliphatic carbocycles. The molecule has 0 N–H and O–H groups in total. The molecule has 0 spiro atoms. The Morgan fingerprint density at radius 3 is 2.33 bits per heavy atom. The van der Waals surface area contributed by atoms with Crippen LogP contribution in [0.4, 0.5) is 4.48 Å². The SMILES string of the molecule is COCN(C)F. The summed E-state index contributed by atoms with van der Waals surface area (Å²) in [7, 11) is 2.74. The lowest BCUT2D eigenvalue weighted by Gasteiger charge is -1.98. The second-order valence-corrected chi connectivity index (χ2v) is 1.02. The summed E-state index contributed by atoms with van der Waals surface area (Å²) < 4.78 is 15.8. The van der Waals surface area contributed by atoms with Gasteiger partial charge in [0, 0.05) is 14.2 Å². The number of hydrogen-bond acceptors (Lipinski definition) is 2. The Morgan fingerprint density at radius 2 is 2.33 bits per heavy atom. The predicted molar refractivity (Wildman–Crippen MR) is 20.7 cm³/mol. The number of ether oxygens (including phenoxy) is 1. The van der Waals surface area contributed by atoms with E-state index >= 15 is 0 Å². The van der Waals surface area contributed by atoms with E-state index in [0.29, 0.717) is 5.12 Å². The minimum Gasteiger partial charge on any atom is -0.367 e. The van der Waals surface area contributed by atoms with Gasteiger partial charge in [-0.15, -0.1) is 9.60 Å². The van der Waals surface area contributed by atoms with Crippen LogP contribution in [0.15, 0.2) is 0 Å². The van der Waals surface area contributed by atoms with Crippen molar-refractivity contribution in [2.45, 2.75) is 0 Å². The van der Waals surface area contributed by atoms with Crippen molar-refractivity contribution in [1.82, 2.24) is 5.12 Å². The lowest BCUT2D eigenvalue weighted by molar-refractivity contribution is -0.0461. The molecule has 0 aromatic heterocycles. The van der Waals surface area contributed by atoms with Crippen molar-refractivity contribution in [3.63, 3.8) is 0 Å². The number of methoxy groups -OCH3 is 1. The van der Waals surface area contributed by atoms with Crippen LogP contribution < -0.4 is 0 Å². The summed E-state index contributed by atoms with van der Waals surface area (Å²) in [5.41, 5.74) is 0. The summed E-state index contributed by atoms with van der Waals surface area (Å²) in [6.07, 6.45) is 0. The summed E-state index contributed by atoms with van der Waals surface area (Å²) in [5.74, 6) is 0. The number of nitrogens with zero attached hydrogens (tertiary/aromatic N) is 1. The Kier molecular flexibility index (Phi) is 2.98. The highest BCUT2D eigenvalue weighted by Crippen LogP contribution is 1.76. The van der Waals surface area contributed by atoms with E-state index in [9.17, 15) is 4.48 Å². The van der Waals surface area contributed by atoms with Gasteiger partial charge in [0.15, 0.2) is 0 Å². The molecule has 0 atom stereocenters. The zero-order chi connectivity index (χ0) is 4.99. The van der Waals surface area contributed by atoms with Crippen molar-refractivity contribution in [2.24, 2.45) is 0 Å². The first kappa shape index (κ1) is 5.85. The first-order valence-corrected chi connectivity index (χ1v) is 1.63. The molecule has 0 saturated carbocycles. The third-order valence-electron chi connectivity index (χ3n) is 0.307. The van der Waals surface area contributed by atoms with Crippen LogP contribution in [0.3, 0.4) is 0 Å². The first-order valence-electron chi connectivity index (χ1n) is 1.63. The van der Waals surface area contributed by atoms with Gasteiger partial charge in [-0.3, -0.25) is 0 Å². The molecule has 0 aromatic carbocycles. The van der Waals surface area contributed by atoms with E-state index < -0.39 is 0 Å². The van der Waals surface area contributed by atoms with E-state index in [4.69, 9.17) is 0 Å². The Labute approximate surface area is 36.4 Å². The first-order chi connectivity index (χ1) is 2.77. The number of halogens is 1. The molecule has 0 amide bonds. The molecule has 0 bridgehead atoms. The zero-order valence-corrected chi connectivity index (χ0v) is 3.94. The van der Waals surface area contributed by atoms with Gasteiger partial charge in [0.2, 0.25) is 0 Å². The smallest absolute Gasteiger partial charge is 0.126 e. The van der Waals surface area contributed by atoms with E-state index in [1.54, 1.807) is 0 Å². The van der Waals surface area contributed by atoms with E-state index in [-0.39, 0.29) is 6.73 Å². The summed E-state index contributed by atoms with van der Waals surface area (Å²) >= 11 is 0. The van der Waals surface area contributed by atoms with Crippen molar-refractivity contribution in [3.8, 4) is 0 Å². The van der Waals surface area contributed by atoms with Crippen LogP contribution in [0.1, 0.15) is 0 Å². The normalized spacial score (nSPS) is 10.0. The van der Waals surface area contributed by atoms with Crippen molar-refractivity contribution in [2.75, 3.05) is 20.9 Å². The van der Waals surface area contributed by atoms with Gasteiger partial charge in [0.05, 0.1) is 0 Å². The maximum Gasteiger partial charge on any atom is 0.126 e. The lowest BCUT2D eigenvalue weighted by atomic mass is 11.1. The van der Waals surface area contributed by atoms with Crippen molar-refractivity contribution in [1.29, 1.82) is 0 Å². The van der Waals surface area contributed by atoms with Gasteiger partial charge in [-0.1, -0.05) is 0 Å². The minimum atomic E-state index is 0.0417. The predicted octanol–water partition coefficient (Wildman–Crippen LogP) is 0.407. The quantitative estimate of drug-likeness (QED) is 0.362. The minimum absolute atomic E-state index is 0.0417.